The van der Waals surface area contributed by atoms with Crippen molar-refractivity contribution in [1.82, 2.24) is 0 Å². The summed E-state index contributed by atoms with van der Waals surface area (Å²) in [6.07, 6.45) is 0.152. The Balaban J connectivity index is 1.22. The number of carboxylic acids is 1. The molecule has 0 amide bonds. The lowest BCUT2D eigenvalue weighted by Gasteiger charge is -2.42. The van der Waals surface area contributed by atoms with Crippen LogP contribution in [0.5, 0.6) is 11.5 Å². The molecule has 0 spiro atoms. The van der Waals surface area contributed by atoms with Gasteiger partial charge >= 0.3 is 11.9 Å². The van der Waals surface area contributed by atoms with Gasteiger partial charge in [0.1, 0.15) is 29.7 Å². The van der Waals surface area contributed by atoms with Crippen LogP contribution in [-0.2, 0) is 14.3 Å². The van der Waals surface area contributed by atoms with Gasteiger partial charge in [-0.3, -0.25) is 4.79 Å². The predicted molar refractivity (Wildman–Crippen MR) is 153 cm³/mol. The Bertz CT molecular complexity index is 1490. The number of para-hydroxylation sites is 1. The zero-order valence-corrected chi connectivity index (χ0v) is 21.9. The molecule has 1 aliphatic carbocycles. The Morgan fingerprint density at radius 3 is 2.02 bits per heavy atom. The number of nitrogens with two attached hydrogens (primary N) is 1. The first-order valence-electron chi connectivity index (χ1n) is 13.4. The molecule has 40 heavy (non-hydrogen) atoms. The lowest BCUT2D eigenvalue weighted by atomic mass is 9.83. The molecule has 4 aromatic rings. The topological polar surface area (TPSA) is 102 Å². The first-order chi connectivity index (χ1) is 19.4. The molecule has 4 aromatic carbocycles. The molecular formula is C33H30N2O5. The fourth-order valence-corrected chi connectivity index (χ4v) is 5.78. The number of nitrogens with zero attached hydrogens (tertiary/aromatic N) is 1. The summed E-state index contributed by atoms with van der Waals surface area (Å²) in [5, 5.41) is 9.84. The molecule has 202 valence electrons. The van der Waals surface area contributed by atoms with Gasteiger partial charge in [0.2, 0.25) is 0 Å². The van der Waals surface area contributed by atoms with Crippen LogP contribution in [0.15, 0.2) is 103 Å². The monoisotopic (exact) mass is 534 g/mol. The molecule has 7 heteroatoms. The summed E-state index contributed by atoms with van der Waals surface area (Å²) in [6, 6.07) is 32.3. The molecule has 2 atom stereocenters. The van der Waals surface area contributed by atoms with E-state index in [-0.39, 0.29) is 25.4 Å². The van der Waals surface area contributed by atoms with Crippen LogP contribution >= 0.6 is 0 Å². The molecule has 6 rings (SSSR count). The van der Waals surface area contributed by atoms with Gasteiger partial charge in [0, 0.05) is 24.6 Å². The van der Waals surface area contributed by atoms with Crippen LogP contribution in [0.3, 0.4) is 0 Å². The van der Waals surface area contributed by atoms with E-state index in [9.17, 15) is 14.7 Å². The van der Waals surface area contributed by atoms with Gasteiger partial charge in [0.05, 0.1) is 0 Å². The zero-order valence-electron chi connectivity index (χ0n) is 21.9. The maximum atomic E-state index is 13.6. The minimum absolute atomic E-state index is 0.0543. The van der Waals surface area contributed by atoms with Crippen LogP contribution in [0, 0.1) is 0 Å². The fourth-order valence-electron chi connectivity index (χ4n) is 5.78. The third-order valence-corrected chi connectivity index (χ3v) is 7.93. The summed E-state index contributed by atoms with van der Waals surface area (Å²) in [4.78, 5) is 27.6. The average Bonchev–Trinajstić information content (AvgIpc) is 3.30. The van der Waals surface area contributed by atoms with Crippen LogP contribution in [0.1, 0.15) is 29.9 Å². The van der Waals surface area contributed by atoms with Crippen molar-refractivity contribution in [3.8, 4) is 22.6 Å². The molecule has 0 bridgehead atoms. The van der Waals surface area contributed by atoms with E-state index in [1.165, 1.54) is 0 Å². The molecule has 3 N–H and O–H groups in total. The highest BCUT2D eigenvalue weighted by atomic mass is 16.5. The summed E-state index contributed by atoms with van der Waals surface area (Å²) in [7, 11) is 0. The number of aliphatic carboxylic acids is 1. The number of rotatable bonds is 7. The molecule has 7 nitrogen and oxygen atoms in total. The van der Waals surface area contributed by atoms with Crippen molar-refractivity contribution in [3.63, 3.8) is 0 Å². The normalized spacial score (nSPS) is 19.9. The number of fused-ring (bicyclic) bond motifs is 3. The predicted octanol–water partition coefficient (Wildman–Crippen LogP) is 5.59. The molecule has 1 aliphatic heterocycles. The first-order valence-corrected chi connectivity index (χ1v) is 13.4. The second-order valence-corrected chi connectivity index (χ2v) is 10.4. The maximum Gasteiger partial charge on any atom is 0.328 e. The number of hydrogen-bond donors (Lipinski definition) is 2. The Morgan fingerprint density at radius 1 is 0.825 bits per heavy atom. The van der Waals surface area contributed by atoms with Crippen LogP contribution in [0.4, 0.5) is 5.69 Å². The zero-order chi connectivity index (χ0) is 27.7. The van der Waals surface area contributed by atoms with Gasteiger partial charge in [0.25, 0.3) is 0 Å². The minimum atomic E-state index is -1.51. The number of hydrogen-bond acceptors (Lipinski definition) is 6. The molecule has 1 saturated heterocycles. The van der Waals surface area contributed by atoms with E-state index >= 15 is 0 Å². The highest BCUT2D eigenvalue weighted by molar-refractivity contribution is 5.86. The molecule has 1 heterocycles. The summed E-state index contributed by atoms with van der Waals surface area (Å²) in [5.41, 5.74) is 10.0. The number of piperidine rings is 1. The van der Waals surface area contributed by atoms with Crippen LogP contribution in [0.25, 0.3) is 11.1 Å². The van der Waals surface area contributed by atoms with E-state index in [2.05, 4.69) is 24.3 Å². The van der Waals surface area contributed by atoms with Crippen molar-refractivity contribution in [2.45, 2.75) is 30.3 Å². The number of anilines is 1. The van der Waals surface area contributed by atoms with Crippen LogP contribution in [-0.4, -0.2) is 41.8 Å². The lowest BCUT2D eigenvalue weighted by molar-refractivity contribution is -0.149. The van der Waals surface area contributed by atoms with Gasteiger partial charge in [0.15, 0.2) is 0 Å². The van der Waals surface area contributed by atoms with Gasteiger partial charge < -0.3 is 25.2 Å². The Kier molecular flexibility index (Phi) is 6.74. The standard InChI is InChI=1S/C33H30N2O5/c34-33(32(37)38)18-19-35(22-14-16-24(17-15-22)40-23-8-2-1-3-9-23)30(20-33)31(36)39-21-29-27-12-6-4-10-25(27)26-11-5-7-13-28(26)29/h1-17,29-30H,18-21,34H2,(H,37,38). The van der Waals surface area contributed by atoms with E-state index in [0.717, 1.165) is 33.7 Å². The van der Waals surface area contributed by atoms with Gasteiger partial charge in [-0.1, -0.05) is 66.7 Å². The third kappa shape index (κ3) is 4.80. The first kappa shape index (κ1) is 25.6. The molecule has 0 aromatic heterocycles. The Labute approximate surface area is 232 Å². The number of ether oxygens (including phenoxy) is 2. The van der Waals surface area contributed by atoms with Crippen molar-refractivity contribution in [2.24, 2.45) is 5.73 Å². The Hall–Kier alpha value is -4.62. The quantitative estimate of drug-likeness (QED) is 0.298. The van der Waals surface area contributed by atoms with Gasteiger partial charge in [-0.15, -0.1) is 0 Å². The van der Waals surface area contributed by atoms with Gasteiger partial charge in [-0.05, 0) is 65.1 Å². The SMILES string of the molecule is NC1(C(=O)O)CCN(c2ccc(Oc3ccccc3)cc2)C(C(=O)OCC2c3ccccc3-c3ccccc32)C1. The minimum Gasteiger partial charge on any atom is -0.480 e. The Morgan fingerprint density at radius 2 is 1.40 bits per heavy atom. The fraction of sp³-hybridized carbons (Fsp3) is 0.212. The highest BCUT2D eigenvalue weighted by Crippen LogP contribution is 2.44. The summed E-state index contributed by atoms with van der Waals surface area (Å²) >= 11 is 0. The van der Waals surface area contributed by atoms with E-state index < -0.39 is 23.5 Å². The summed E-state index contributed by atoms with van der Waals surface area (Å²) in [5.74, 6) is -0.315. The average molecular weight is 535 g/mol. The number of esters is 1. The molecule has 0 radical (unpaired) electrons. The number of carboxylic acid groups (broad SMARTS) is 1. The van der Waals surface area contributed by atoms with Gasteiger partial charge in [-0.2, -0.15) is 0 Å². The number of benzene rings is 4. The van der Waals surface area contributed by atoms with Crippen LogP contribution < -0.4 is 15.4 Å². The third-order valence-electron chi connectivity index (χ3n) is 7.93. The maximum absolute atomic E-state index is 13.6. The van der Waals surface area contributed by atoms with Gasteiger partial charge in [-0.25, -0.2) is 4.79 Å². The second-order valence-electron chi connectivity index (χ2n) is 10.4. The molecule has 0 saturated carbocycles. The number of carbonyl (C=O) groups is 2. The molecule has 1 fully saturated rings. The van der Waals surface area contributed by atoms with Crippen molar-refractivity contribution in [3.05, 3.63) is 114 Å². The molecule has 2 unspecified atom stereocenters. The number of carbonyl (C=O) groups excluding carboxylic acids is 1. The van der Waals surface area contributed by atoms with Crippen molar-refractivity contribution in [1.29, 1.82) is 0 Å². The van der Waals surface area contributed by atoms with Crippen molar-refractivity contribution < 1.29 is 24.2 Å². The van der Waals surface area contributed by atoms with Crippen molar-refractivity contribution in [2.75, 3.05) is 18.1 Å². The largest absolute Gasteiger partial charge is 0.480 e. The van der Waals surface area contributed by atoms with E-state index in [4.69, 9.17) is 15.2 Å². The molecular weight excluding hydrogens is 504 g/mol. The van der Waals surface area contributed by atoms with Crippen molar-refractivity contribution >= 4 is 17.6 Å². The van der Waals surface area contributed by atoms with E-state index in [1.54, 1.807) is 0 Å². The lowest BCUT2D eigenvalue weighted by Crippen LogP contribution is -2.61. The molecule has 2 aliphatic rings. The van der Waals surface area contributed by atoms with E-state index in [0.29, 0.717) is 12.3 Å². The smallest absolute Gasteiger partial charge is 0.328 e. The summed E-state index contributed by atoms with van der Waals surface area (Å²) < 4.78 is 11.9. The van der Waals surface area contributed by atoms with E-state index in [1.807, 2.05) is 83.8 Å². The second kappa shape index (κ2) is 10.5. The summed E-state index contributed by atoms with van der Waals surface area (Å²) in [6.45, 7) is 0.461. The highest BCUT2D eigenvalue weighted by Gasteiger charge is 2.46. The van der Waals surface area contributed by atoms with Crippen LogP contribution in [0.2, 0.25) is 0 Å².